The van der Waals surface area contributed by atoms with Crippen LogP contribution < -0.4 is 10.2 Å². The van der Waals surface area contributed by atoms with Gasteiger partial charge in [0.2, 0.25) is 5.91 Å². The average molecular weight is 489 g/mol. The summed E-state index contributed by atoms with van der Waals surface area (Å²) < 4.78 is 11.2. The molecule has 0 saturated carbocycles. The number of halogens is 1. The summed E-state index contributed by atoms with van der Waals surface area (Å²) in [6.07, 6.45) is 1.97. The Kier molecular flexibility index (Phi) is 6.23. The van der Waals surface area contributed by atoms with E-state index in [1.807, 2.05) is 26.0 Å². The van der Waals surface area contributed by atoms with Gasteiger partial charge in [0.1, 0.15) is 5.82 Å². The van der Waals surface area contributed by atoms with E-state index >= 15 is 0 Å². The summed E-state index contributed by atoms with van der Waals surface area (Å²) in [7, 11) is 0. The Bertz CT molecular complexity index is 1090. The van der Waals surface area contributed by atoms with Gasteiger partial charge in [-0.25, -0.2) is 4.98 Å². The van der Waals surface area contributed by atoms with E-state index < -0.39 is 6.10 Å². The number of benzene rings is 1. The molecule has 5 rings (SSSR count). The third-order valence-electron chi connectivity index (χ3n) is 7.55. The van der Waals surface area contributed by atoms with Crippen molar-refractivity contribution in [3.8, 4) is 0 Å². The van der Waals surface area contributed by atoms with Gasteiger partial charge in [-0.15, -0.1) is 0 Å². The SMILES string of the molecule is CC1(C)C[C@H](C(=O)Nc2cc3cc(N4CCN([C@@]5(C)COC[C@H]5O)CC4)c(Cl)cc3cn2)CO1. The van der Waals surface area contributed by atoms with Crippen LogP contribution >= 0.6 is 11.6 Å². The van der Waals surface area contributed by atoms with Crippen molar-refractivity contribution in [3.63, 3.8) is 0 Å². The molecule has 0 unspecified atom stereocenters. The monoisotopic (exact) mass is 488 g/mol. The van der Waals surface area contributed by atoms with Gasteiger partial charge in [-0.05, 0) is 50.8 Å². The number of amides is 1. The number of nitrogens with one attached hydrogen (secondary N) is 1. The molecule has 3 aliphatic heterocycles. The zero-order chi connectivity index (χ0) is 24.1. The quantitative estimate of drug-likeness (QED) is 0.684. The number of hydrogen-bond donors (Lipinski definition) is 2. The summed E-state index contributed by atoms with van der Waals surface area (Å²) in [4.78, 5) is 21.7. The number of pyridine rings is 1. The summed E-state index contributed by atoms with van der Waals surface area (Å²) in [5.74, 6) is 0.299. The molecule has 4 heterocycles. The third kappa shape index (κ3) is 4.50. The van der Waals surface area contributed by atoms with E-state index in [0.717, 1.165) is 42.6 Å². The highest BCUT2D eigenvalue weighted by molar-refractivity contribution is 6.34. The Morgan fingerprint density at radius 1 is 1.15 bits per heavy atom. The highest BCUT2D eigenvalue weighted by Crippen LogP contribution is 2.35. The molecule has 8 nitrogen and oxygen atoms in total. The molecule has 0 radical (unpaired) electrons. The lowest BCUT2D eigenvalue weighted by Crippen LogP contribution is -2.60. The number of aromatic nitrogens is 1. The normalized spacial score (nSPS) is 29.6. The smallest absolute Gasteiger partial charge is 0.231 e. The molecule has 1 aromatic carbocycles. The molecular weight excluding hydrogens is 456 g/mol. The van der Waals surface area contributed by atoms with Gasteiger partial charge in [0, 0.05) is 37.8 Å². The number of piperazine rings is 1. The Morgan fingerprint density at radius 2 is 1.91 bits per heavy atom. The lowest BCUT2D eigenvalue weighted by molar-refractivity contribution is -0.119. The maximum atomic E-state index is 12.7. The first-order valence-corrected chi connectivity index (χ1v) is 12.3. The van der Waals surface area contributed by atoms with Crippen LogP contribution in [0.25, 0.3) is 10.8 Å². The largest absolute Gasteiger partial charge is 0.389 e. The second-order valence-electron chi connectivity index (χ2n) is 10.5. The topological polar surface area (TPSA) is 87.2 Å². The van der Waals surface area contributed by atoms with Crippen molar-refractivity contribution in [3.05, 3.63) is 29.4 Å². The molecule has 3 aliphatic rings. The first kappa shape index (κ1) is 23.8. The van der Waals surface area contributed by atoms with Gasteiger partial charge >= 0.3 is 0 Å². The van der Waals surface area contributed by atoms with Crippen molar-refractivity contribution >= 4 is 39.8 Å². The minimum atomic E-state index is -0.466. The van der Waals surface area contributed by atoms with Crippen LogP contribution in [0.5, 0.6) is 0 Å². The number of carbonyl (C=O) groups is 1. The van der Waals surface area contributed by atoms with Crippen LogP contribution in [0.2, 0.25) is 5.02 Å². The molecule has 1 amide bonds. The Labute approximate surface area is 205 Å². The second-order valence-corrected chi connectivity index (χ2v) is 11.0. The molecule has 184 valence electrons. The van der Waals surface area contributed by atoms with Crippen molar-refractivity contribution < 1.29 is 19.4 Å². The Morgan fingerprint density at radius 3 is 2.56 bits per heavy atom. The third-order valence-corrected chi connectivity index (χ3v) is 7.86. The number of anilines is 2. The van der Waals surface area contributed by atoms with Gasteiger partial charge in [0.05, 0.1) is 53.7 Å². The van der Waals surface area contributed by atoms with Crippen LogP contribution in [-0.4, -0.2) is 84.1 Å². The van der Waals surface area contributed by atoms with Crippen LogP contribution in [0.4, 0.5) is 11.5 Å². The second kappa shape index (κ2) is 8.91. The summed E-state index contributed by atoms with van der Waals surface area (Å²) in [6, 6.07) is 5.90. The predicted molar refractivity (Wildman–Crippen MR) is 133 cm³/mol. The number of fused-ring (bicyclic) bond motifs is 1. The lowest BCUT2D eigenvalue weighted by Gasteiger charge is -2.45. The number of ether oxygens (including phenoxy) is 2. The minimum absolute atomic E-state index is 0.0608. The highest BCUT2D eigenvalue weighted by atomic mass is 35.5. The Hall–Kier alpha value is -1.97. The van der Waals surface area contributed by atoms with E-state index in [1.54, 1.807) is 6.20 Å². The van der Waals surface area contributed by atoms with Crippen LogP contribution in [0.3, 0.4) is 0 Å². The molecule has 3 atom stereocenters. The molecule has 1 aromatic heterocycles. The minimum Gasteiger partial charge on any atom is -0.389 e. The summed E-state index contributed by atoms with van der Waals surface area (Å²) >= 11 is 6.66. The first-order valence-electron chi connectivity index (χ1n) is 11.9. The fourth-order valence-corrected chi connectivity index (χ4v) is 5.60. The Balaban J connectivity index is 1.30. The fraction of sp³-hybridized carbons (Fsp3) is 0.600. The van der Waals surface area contributed by atoms with Crippen LogP contribution in [0, 0.1) is 5.92 Å². The van der Waals surface area contributed by atoms with E-state index in [4.69, 9.17) is 21.1 Å². The molecule has 0 aliphatic carbocycles. The van der Waals surface area contributed by atoms with Crippen molar-refractivity contribution in [1.29, 1.82) is 0 Å². The van der Waals surface area contributed by atoms with Crippen LogP contribution in [0.15, 0.2) is 24.4 Å². The molecule has 3 saturated heterocycles. The van der Waals surface area contributed by atoms with Gasteiger partial charge in [0.25, 0.3) is 0 Å². The van der Waals surface area contributed by atoms with Gasteiger partial charge in [-0.3, -0.25) is 9.69 Å². The molecule has 34 heavy (non-hydrogen) atoms. The van der Waals surface area contributed by atoms with E-state index in [9.17, 15) is 9.90 Å². The van der Waals surface area contributed by atoms with Gasteiger partial charge in [-0.1, -0.05) is 11.6 Å². The predicted octanol–water partition coefficient (Wildman–Crippen LogP) is 2.91. The number of rotatable bonds is 4. The van der Waals surface area contributed by atoms with E-state index in [2.05, 4.69) is 33.1 Å². The van der Waals surface area contributed by atoms with E-state index in [1.165, 1.54) is 0 Å². The standard InChI is InChI=1S/C25H33ClN4O4/c1-24(2)11-18(13-34-24)23(32)28-22-10-16-9-20(19(26)8-17(16)12-27-22)29-4-6-30(7-5-29)25(3)15-33-14-21(25)31/h8-10,12,18,21,31H,4-7,11,13-15H2,1-3H3,(H,27,28,32)/t18-,21+,25-/m0/s1. The van der Waals surface area contributed by atoms with Crippen LogP contribution in [-0.2, 0) is 14.3 Å². The number of nitrogens with zero attached hydrogens (tertiary/aromatic N) is 3. The van der Waals surface area contributed by atoms with Gasteiger partial charge in [-0.2, -0.15) is 0 Å². The van der Waals surface area contributed by atoms with E-state index in [-0.39, 0.29) is 23.0 Å². The van der Waals surface area contributed by atoms with Crippen molar-refractivity contribution in [2.75, 3.05) is 56.2 Å². The molecule has 0 spiro atoms. The maximum Gasteiger partial charge on any atom is 0.231 e. The number of aliphatic hydroxyl groups excluding tert-OH is 1. The maximum absolute atomic E-state index is 12.7. The molecule has 0 bridgehead atoms. The lowest BCUT2D eigenvalue weighted by atomic mass is 9.95. The molecule has 2 aromatic rings. The van der Waals surface area contributed by atoms with Crippen molar-refractivity contribution in [2.24, 2.45) is 5.92 Å². The summed E-state index contributed by atoms with van der Waals surface area (Å²) in [6.45, 7) is 10.7. The molecule has 2 N–H and O–H groups in total. The fourth-order valence-electron chi connectivity index (χ4n) is 5.31. The number of hydrogen-bond acceptors (Lipinski definition) is 7. The number of aliphatic hydroxyl groups is 1. The molecule has 3 fully saturated rings. The van der Waals surface area contributed by atoms with Gasteiger partial charge < -0.3 is 24.8 Å². The van der Waals surface area contributed by atoms with Crippen molar-refractivity contribution in [2.45, 2.75) is 44.4 Å². The summed E-state index contributed by atoms with van der Waals surface area (Å²) in [5.41, 5.74) is 0.364. The zero-order valence-electron chi connectivity index (χ0n) is 20.0. The van der Waals surface area contributed by atoms with Crippen molar-refractivity contribution in [1.82, 2.24) is 9.88 Å². The molecular formula is C25H33ClN4O4. The van der Waals surface area contributed by atoms with Gasteiger partial charge in [0.15, 0.2) is 0 Å². The average Bonchev–Trinajstić information content (AvgIpc) is 3.35. The van der Waals surface area contributed by atoms with E-state index in [0.29, 0.717) is 37.1 Å². The van der Waals surface area contributed by atoms with Crippen LogP contribution in [0.1, 0.15) is 27.2 Å². The number of carbonyl (C=O) groups excluding carboxylic acids is 1. The molecule has 9 heteroatoms. The zero-order valence-corrected chi connectivity index (χ0v) is 20.8. The first-order chi connectivity index (χ1) is 16.1. The summed E-state index contributed by atoms with van der Waals surface area (Å²) in [5, 5.41) is 15.9. The highest BCUT2D eigenvalue weighted by Gasteiger charge is 2.44.